The molecule has 82 heavy (non-hydrogen) atoms. The van der Waals surface area contributed by atoms with Crippen LogP contribution in [0, 0.1) is 0 Å². The highest BCUT2D eigenvalue weighted by Gasteiger charge is 2.60. The van der Waals surface area contributed by atoms with Crippen molar-refractivity contribution in [1.82, 2.24) is 4.90 Å². The van der Waals surface area contributed by atoms with Crippen LogP contribution in [-0.4, -0.2) is 11.9 Å². The van der Waals surface area contributed by atoms with Crippen LogP contribution >= 0.6 is 0 Å². The smallest absolute Gasteiger partial charge is 0.0987 e. The molecule has 0 radical (unpaired) electrons. The van der Waals surface area contributed by atoms with Crippen molar-refractivity contribution in [3.63, 3.8) is 0 Å². The third-order valence-electron chi connectivity index (χ3n) is 17.0. The minimum absolute atomic E-state index is 0.968. The number of fused-ring (bicyclic) bond motifs is 1. The van der Waals surface area contributed by atoms with E-state index in [4.69, 9.17) is 0 Å². The van der Waals surface area contributed by atoms with Gasteiger partial charge in [0.2, 0.25) is 0 Å². The highest BCUT2D eigenvalue weighted by molar-refractivity contribution is 5.84. The molecular weight excluding hydrogens is 987 g/mol. The first-order valence-electron chi connectivity index (χ1n) is 28.4. The minimum atomic E-state index is -0.968. The molecule has 13 aromatic carbocycles. The SMILES string of the molecule is CN1C(c2cc(-c3ccccc3)cc(-c3ccccc3)c2)(c2cc(-c3ccccc3)cc(-c3ccccc3)c2)c2ccccc2C1(c1cc(-c2ccccc2)cc(-c2ccccc2)c1)c1cc(-c2ccccc2)cc(-c2ccccc2)c1. The Hall–Kier alpha value is -10.2. The van der Waals surface area contributed by atoms with Crippen LogP contribution in [0.5, 0.6) is 0 Å². The molecule has 1 aliphatic rings. The topological polar surface area (TPSA) is 3.24 Å². The maximum absolute atomic E-state index is 2.78. The molecule has 0 saturated carbocycles. The first-order valence-corrected chi connectivity index (χ1v) is 28.4. The van der Waals surface area contributed by atoms with E-state index in [1.807, 2.05) is 0 Å². The second-order valence-electron chi connectivity index (χ2n) is 21.6. The minimum Gasteiger partial charge on any atom is -0.271 e. The normalized spacial score (nSPS) is 13.3. The van der Waals surface area contributed by atoms with E-state index in [1.54, 1.807) is 0 Å². The second-order valence-corrected chi connectivity index (χ2v) is 21.6. The summed E-state index contributed by atoms with van der Waals surface area (Å²) in [5, 5.41) is 0. The fraction of sp³-hybridized carbons (Fsp3) is 0.0370. The van der Waals surface area contributed by atoms with Gasteiger partial charge in [-0.25, -0.2) is 0 Å². The van der Waals surface area contributed by atoms with Gasteiger partial charge in [-0.05, 0) is 202 Å². The Morgan fingerprint density at radius 1 is 0.171 bits per heavy atom. The van der Waals surface area contributed by atoms with Crippen LogP contribution in [0.15, 0.2) is 340 Å². The van der Waals surface area contributed by atoms with Crippen LogP contribution < -0.4 is 0 Å². The average Bonchev–Trinajstić information content (AvgIpc) is 1.84. The molecule has 0 aromatic heterocycles. The van der Waals surface area contributed by atoms with Crippen molar-refractivity contribution in [3.05, 3.63) is 373 Å². The Balaban J connectivity index is 1.19. The Bertz CT molecular complexity index is 3580. The summed E-state index contributed by atoms with van der Waals surface area (Å²) in [6, 6.07) is 126. The second kappa shape index (κ2) is 21.5. The van der Waals surface area contributed by atoms with Crippen LogP contribution in [0.25, 0.3) is 89.0 Å². The Kier molecular flexibility index (Phi) is 13.1. The van der Waals surface area contributed by atoms with E-state index in [0.717, 1.165) is 89.0 Å². The molecule has 1 aliphatic heterocycles. The summed E-state index contributed by atoms with van der Waals surface area (Å²) in [5.74, 6) is 0. The quantitative estimate of drug-likeness (QED) is 0.118. The summed E-state index contributed by atoms with van der Waals surface area (Å²) in [6.45, 7) is 0. The zero-order valence-corrected chi connectivity index (χ0v) is 45.8. The molecule has 0 bridgehead atoms. The third kappa shape index (κ3) is 8.89. The molecule has 0 spiro atoms. The van der Waals surface area contributed by atoms with Crippen molar-refractivity contribution in [1.29, 1.82) is 0 Å². The Labute approximate surface area is 482 Å². The number of hydrogen-bond acceptors (Lipinski definition) is 1. The zero-order chi connectivity index (χ0) is 54.9. The summed E-state index contributed by atoms with van der Waals surface area (Å²) in [4.78, 5) is 2.78. The number of hydrogen-bond donors (Lipinski definition) is 0. The maximum atomic E-state index is 2.78. The number of benzene rings is 13. The van der Waals surface area contributed by atoms with Crippen LogP contribution in [0.1, 0.15) is 33.4 Å². The molecule has 388 valence electrons. The summed E-state index contributed by atoms with van der Waals surface area (Å²) < 4.78 is 0. The van der Waals surface area contributed by atoms with Crippen molar-refractivity contribution in [2.45, 2.75) is 11.1 Å². The van der Waals surface area contributed by atoms with Gasteiger partial charge in [0.05, 0.1) is 11.1 Å². The van der Waals surface area contributed by atoms with E-state index in [-0.39, 0.29) is 0 Å². The fourth-order valence-corrected chi connectivity index (χ4v) is 13.2. The molecule has 1 nitrogen and oxygen atoms in total. The van der Waals surface area contributed by atoms with Gasteiger partial charge in [-0.1, -0.05) is 267 Å². The molecule has 0 atom stereocenters. The van der Waals surface area contributed by atoms with Gasteiger partial charge in [-0.3, -0.25) is 4.90 Å². The van der Waals surface area contributed by atoms with E-state index in [9.17, 15) is 0 Å². The summed E-state index contributed by atoms with van der Waals surface area (Å²) in [6.07, 6.45) is 0. The molecule has 14 rings (SSSR count). The summed E-state index contributed by atoms with van der Waals surface area (Å²) in [5.41, 5.74) is 23.6. The molecule has 0 amide bonds. The summed E-state index contributed by atoms with van der Waals surface area (Å²) in [7, 11) is 2.42. The standard InChI is InChI=1S/C81H59N/c1-82-80(74-50-66(58-28-10-2-11-29-58)46-67(51-74)59-30-12-3-13-31-59,75-52-68(60-32-14-4-15-33-60)47-69(53-75)61-34-16-5-17-35-61)78-44-26-27-45-79(78)81(82,76-54-70(62-36-18-6-19-37-62)48-71(55-76)63-38-20-7-21-39-63)77-56-72(64-40-22-8-23-41-64)49-73(57-77)65-42-24-9-25-43-65/h2-57H,1H3. The fourth-order valence-electron chi connectivity index (χ4n) is 13.2. The number of rotatable bonds is 12. The van der Waals surface area contributed by atoms with Crippen LogP contribution in [0.4, 0.5) is 0 Å². The molecular formula is C81H59N. The highest BCUT2D eigenvalue weighted by Crippen LogP contribution is 2.62. The van der Waals surface area contributed by atoms with E-state index in [1.165, 1.54) is 33.4 Å². The Morgan fingerprint density at radius 2 is 0.317 bits per heavy atom. The van der Waals surface area contributed by atoms with Crippen molar-refractivity contribution in [3.8, 4) is 89.0 Å². The van der Waals surface area contributed by atoms with Crippen molar-refractivity contribution in [2.24, 2.45) is 0 Å². The maximum Gasteiger partial charge on any atom is 0.0987 e. The van der Waals surface area contributed by atoms with Gasteiger partial charge >= 0.3 is 0 Å². The van der Waals surface area contributed by atoms with Crippen molar-refractivity contribution in [2.75, 3.05) is 7.05 Å². The molecule has 0 unspecified atom stereocenters. The lowest BCUT2D eigenvalue weighted by Gasteiger charge is -2.48. The molecule has 1 heteroatoms. The lowest BCUT2D eigenvalue weighted by atomic mass is 9.74. The summed E-state index contributed by atoms with van der Waals surface area (Å²) >= 11 is 0. The van der Waals surface area contributed by atoms with Gasteiger partial charge in [0.25, 0.3) is 0 Å². The average molecular weight is 1050 g/mol. The van der Waals surface area contributed by atoms with Crippen LogP contribution in [0.2, 0.25) is 0 Å². The molecule has 13 aromatic rings. The molecule has 0 aliphatic carbocycles. The van der Waals surface area contributed by atoms with Crippen LogP contribution in [0.3, 0.4) is 0 Å². The highest BCUT2D eigenvalue weighted by atomic mass is 15.3. The molecule has 1 heterocycles. The van der Waals surface area contributed by atoms with Crippen molar-refractivity contribution < 1.29 is 0 Å². The van der Waals surface area contributed by atoms with E-state index in [2.05, 4.69) is 352 Å². The predicted octanol–water partition coefficient (Wildman–Crippen LogP) is 20.6. The predicted molar refractivity (Wildman–Crippen MR) is 343 cm³/mol. The van der Waals surface area contributed by atoms with Crippen molar-refractivity contribution >= 4 is 0 Å². The van der Waals surface area contributed by atoms with Gasteiger partial charge in [0.1, 0.15) is 0 Å². The first kappa shape index (κ1) is 50.1. The van der Waals surface area contributed by atoms with E-state index >= 15 is 0 Å². The zero-order valence-electron chi connectivity index (χ0n) is 45.8. The van der Waals surface area contributed by atoms with Gasteiger partial charge in [0, 0.05) is 0 Å². The monoisotopic (exact) mass is 1050 g/mol. The van der Waals surface area contributed by atoms with Gasteiger partial charge in [-0.2, -0.15) is 0 Å². The lowest BCUT2D eigenvalue weighted by Crippen LogP contribution is -2.51. The van der Waals surface area contributed by atoms with Crippen LogP contribution in [-0.2, 0) is 11.1 Å². The van der Waals surface area contributed by atoms with Gasteiger partial charge < -0.3 is 0 Å². The van der Waals surface area contributed by atoms with Gasteiger partial charge in [0.15, 0.2) is 0 Å². The Morgan fingerprint density at radius 3 is 0.476 bits per heavy atom. The van der Waals surface area contributed by atoms with Gasteiger partial charge in [-0.15, -0.1) is 0 Å². The lowest BCUT2D eigenvalue weighted by molar-refractivity contribution is 0.134. The third-order valence-corrected chi connectivity index (χ3v) is 17.0. The molecule has 0 saturated heterocycles. The first-order chi connectivity index (χ1) is 40.5. The molecule has 0 fully saturated rings. The number of nitrogens with zero attached hydrogens (tertiary/aromatic N) is 1. The largest absolute Gasteiger partial charge is 0.271 e. The molecule has 0 N–H and O–H groups in total. The van der Waals surface area contributed by atoms with E-state index < -0.39 is 11.1 Å². The van der Waals surface area contributed by atoms with E-state index in [0.29, 0.717) is 0 Å².